The molecule has 0 aliphatic carbocycles. The van der Waals surface area contributed by atoms with Crippen molar-refractivity contribution in [2.75, 3.05) is 11.4 Å². The monoisotopic (exact) mass is 343 g/mol. The van der Waals surface area contributed by atoms with Gasteiger partial charge < -0.3 is 10.6 Å². The SMILES string of the molecule is N[C@@H](Cc1ccccc1)CN1c2cnccc2C=NC1c1ccncc1. The lowest BCUT2D eigenvalue weighted by molar-refractivity contribution is 0.567. The van der Waals surface area contributed by atoms with Gasteiger partial charge in [0.1, 0.15) is 6.17 Å². The number of anilines is 1. The first-order valence-electron chi connectivity index (χ1n) is 8.74. The third-order valence-corrected chi connectivity index (χ3v) is 4.57. The number of rotatable bonds is 5. The molecule has 0 radical (unpaired) electrons. The average molecular weight is 343 g/mol. The van der Waals surface area contributed by atoms with Crippen molar-refractivity contribution >= 4 is 11.9 Å². The molecule has 0 fully saturated rings. The van der Waals surface area contributed by atoms with Crippen LogP contribution in [-0.2, 0) is 6.42 Å². The molecule has 3 heterocycles. The van der Waals surface area contributed by atoms with E-state index in [9.17, 15) is 0 Å². The number of pyridine rings is 2. The van der Waals surface area contributed by atoms with Crippen LogP contribution in [0.3, 0.4) is 0 Å². The minimum atomic E-state index is -0.114. The van der Waals surface area contributed by atoms with Gasteiger partial charge in [0.05, 0.1) is 11.9 Å². The second-order valence-electron chi connectivity index (χ2n) is 6.47. The van der Waals surface area contributed by atoms with E-state index in [0.717, 1.165) is 23.2 Å². The Morgan fingerprint density at radius 1 is 0.962 bits per heavy atom. The number of aliphatic imine (C=N–C) groups is 1. The summed E-state index contributed by atoms with van der Waals surface area (Å²) in [6, 6.07) is 16.3. The van der Waals surface area contributed by atoms with E-state index < -0.39 is 0 Å². The van der Waals surface area contributed by atoms with Crippen LogP contribution in [0.25, 0.3) is 0 Å². The number of nitrogens with zero attached hydrogens (tertiary/aromatic N) is 4. The van der Waals surface area contributed by atoms with E-state index in [4.69, 9.17) is 10.7 Å². The Morgan fingerprint density at radius 2 is 1.73 bits per heavy atom. The summed E-state index contributed by atoms with van der Waals surface area (Å²) >= 11 is 0. The first kappa shape index (κ1) is 16.4. The number of nitrogens with two attached hydrogens (primary N) is 1. The largest absolute Gasteiger partial charge is 0.343 e. The third-order valence-electron chi connectivity index (χ3n) is 4.57. The number of hydrogen-bond donors (Lipinski definition) is 1. The van der Waals surface area contributed by atoms with Gasteiger partial charge in [0.15, 0.2) is 0 Å². The zero-order valence-corrected chi connectivity index (χ0v) is 14.4. The minimum absolute atomic E-state index is 0.0110. The summed E-state index contributed by atoms with van der Waals surface area (Å²) in [6.07, 6.45) is 9.90. The molecule has 2 atom stereocenters. The van der Waals surface area contributed by atoms with Gasteiger partial charge in [0, 0.05) is 43.0 Å². The summed E-state index contributed by atoms with van der Waals surface area (Å²) in [7, 11) is 0. The lowest BCUT2D eigenvalue weighted by Gasteiger charge is -2.36. The molecule has 0 spiro atoms. The second-order valence-corrected chi connectivity index (χ2v) is 6.47. The zero-order valence-electron chi connectivity index (χ0n) is 14.4. The van der Waals surface area contributed by atoms with Crippen LogP contribution in [0.5, 0.6) is 0 Å². The highest BCUT2D eigenvalue weighted by atomic mass is 15.3. The average Bonchev–Trinajstić information content (AvgIpc) is 2.69. The van der Waals surface area contributed by atoms with Crippen LogP contribution < -0.4 is 10.6 Å². The van der Waals surface area contributed by atoms with E-state index >= 15 is 0 Å². The fourth-order valence-corrected chi connectivity index (χ4v) is 3.34. The normalized spacial score (nSPS) is 17.0. The summed E-state index contributed by atoms with van der Waals surface area (Å²) < 4.78 is 0. The first-order valence-corrected chi connectivity index (χ1v) is 8.74. The van der Waals surface area contributed by atoms with Crippen molar-refractivity contribution in [3.05, 3.63) is 90.0 Å². The summed E-state index contributed by atoms with van der Waals surface area (Å²) in [5.41, 5.74) is 11.0. The molecular formula is C21H21N5. The number of aromatic nitrogens is 2. The molecule has 1 aromatic carbocycles. The van der Waals surface area contributed by atoms with Crippen LogP contribution in [0.1, 0.15) is 22.9 Å². The summed E-state index contributed by atoms with van der Waals surface area (Å²) in [5, 5.41) is 0. The van der Waals surface area contributed by atoms with Gasteiger partial charge in [-0.25, -0.2) is 0 Å². The van der Waals surface area contributed by atoms with Crippen molar-refractivity contribution in [2.24, 2.45) is 10.7 Å². The molecule has 3 aromatic rings. The van der Waals surface area contributed by atoms with E-state index in [1.54, 1.807) is 18.6 Å². The summed E-state index contributed by atoms with van der Waals surface area (Å²) in [6.45, 7) is 0.692. The third kappa shape index (κ3) is 3.48. The van der Waals surface area contributed by atoms with Crippen LogP contribution in [0.4, 0.5) is 5.69 Å². The fourth-order valence-electron chi connectivity index (χ4n) is 3.34. The molecule has 5 nitrogen and oxygen atoms in total. The Morgan fingerprint density at radius 3 is 2.54 bits per heavy atom. The van der Waals surface area contributed by atoms with Crippen molar-refractivity contribution in [3.63, 3.8) is 0 Å². The van der Waals surface area contributed by atoms with Gasteiger partial charge in [-0.15, -0.1) is 0 Å². The van der Waals surface area contributed by atoms with E-state index in [0.29, 0.717) is 6.54 Å². The van der Waals surface area contributed by atoms with Gasteiger partial charge in [0.2, 0.25) is 0 Å². The number of fused-ring (bicyclic) bond motifs is 1. The van der Waals surface area contributed by atoms with Crippen LogP contribution in [-0.4, -0.2) is 28.8 Å². The lowest BCUT2D eigenvalue weighted by Crippen LogP contribution is -2.42. The molecule has 1 aliphatic heterocycles. The van der Waals surface area contributed by atoms with Crippen LogP contribution >= 0.6 is 0 Å². The maximum atomic E-state index is 6.51. The molecule has 0 saturated heterocycles. The predicted molar refractivity (Wildman–Crippen MR) is 104 cm³/mol. The quantitative estimate of drug-likeness (QED) is 0.773. The molecule has 2 N–H and O–H groups in total. The maximum absolute atomic E-state index is 6.51. The van der Waals surface area contributed by atoms with Gasteiger partial charge in [0.25, 0.3) is 0 Å². The molecule has 1 aliphatic rings. The molecule has 26 heavy (non-hydrogen) atoms. The molecule has 0 amide bonds. The molecule has 130 valence electrons. The molecule has 0 bridgehead atoms. The Bertz CT molecular complexity index is 879. The Balaban J connectivity index is 1.62. The highest BCUT2D eigenvalue weighted by Crippen LogP contribution is 2.33. The Hall–Kier alpha value is -3.05. The first-order chi connectivity index (χ1) is 12.8. The van der Waals surface area contributed by atoms with Gasteiger partial charge in [-0.3, -0.25) is 15.0 Å². The smallest absolute Gasteiger partial charge is 0.147 e. The molecule has 1 unspecified atom stereocenters. The predicted octanol–water partition coefficient (Wildman–Crippen LogP) is 2.98. The molecule has 0 saturated carbocycles. The topological polar surface area (TPSA) is 67.4 Å². The van der Waals surface area contributed by atoms with E-state index in [-0.39, 0.29) is 12.2 Å². The van der Waals surface area contributed by atoms with Crippen LogP contribution in [0, 0.1) is 0 Å². The standard InChI is InChI=1S/C21H21N5/c22-19(12-16-4-2-1-3-5-16)15-26-20-14-24-11-8-18(20)13-25-21(26)17-6-9-23-10-7-17/h1-11,13-14,19,21H,12,15,22H2/t19-,21?/m0/s1. The highest BCUT2D eigenvalue weighted by Gasteiger charge is 2.26. The van der Waals surface area contributed by atoms with E-state index in [1.165, 1.54) is 5.56 Å². The number of hydrogen-bond acceptors (Lipinski definition) is 5. The summed E-state index contributed by atoms with van der Waals surface area (Å²) in [5.74, 6) is 0. The second kappa shape index (κ2) is 7.45. The molecular weight excluding hydrogens is 322 g/mol. The van der Waals surface area contributed by atoms with Gasteiger partial charge in [-0.05, 0) is 35.7 Å². The minimum Gasteiger partial charge on any atom is -0.343 e. The van der Waals surface area contributed by atoms with Gasteiger partial charge in [-0.2, -0.15) is 0 Å². The van der Waals surface area contributed by atoms with Crippen molar-refractivity contribution in [1.82, 2.24) is 9.97 Å². The zero-order chi connectivity index (χ0) is 17.8. The highest BCUT2D eigenvalue weighted by molar-refractivity contribution is 5.89. The van der Waals surface area contributed by atoms with Crippen molar-refractivity contribution in [1.29, 1.82) is 0 Å². The van der Waals surface area contributed by atoms with Crippen LogP contribution in [0.2, 0.25) is 0 Å². The van der Waals surface area contributed by atoms with E-state index in [1.807, 2.05) is 48.8 Å². The van der Waals surface area contributed by atoms with Crippen molar-refractivity contribution in [3.8, 4) is 0 Å². The van der Waals surface area contributed by atoms with E-state index in [2.05, 4.69) is 27.0 Å². The lowest BCUT2D eigenvalue weighted by atomic mass is 10.0. The molecule has 2 aromatic heterocycles. The van der Waals surface area contributed by atoms with Crippen molar-refractivity contribution in [2.45, 2.75) is 18.6 Å². The summed E-state index contributed by atoms with van der Waals surface area (Å²) in [4.78, 5) is 15.4. The maximum Gasteiger partial charge on any atom is 0.147 e. The van der Waals surface area contributed by atoms with Gasteiger partial charge >= 0.3 is 0 Å². The van der Waals surface area contributed by atoms with Crippen LogP contribution in [0.15, 0.2) is 78.3 Å². The Labute approximate surface area is 153 Å². The fraction of sp³-hybridized carbons (Fsp3) is 0.190. The molecule has 4 rings (SSSR count). The van der Waals surface area contributed by atoms with Gasteiger partial charge in [-0.1, -0.05) is 30.3 Å². The van der Waals surface area contributed by atoms with Crippen molar-refractivity contribution < 1.29 is 0 Å². The Kier molecular flexibility index (Phi) is 4.71. The molecule has 5 heteroatoms. The number of benzene rings is 1.